The molecule has 1 heterocycles. The highest BCUT2D eigenvalue weighted by Crippen LogP contribution is 2.29. The number of nitrogens with two attached hydrogens (primary N) is 1. The van der Waals surface area contributed by atoms with E-state index in [4.69, 9.17) is 22.1 Å². The van der Waals surface area contributed by atoms with Crippen LogP contribution in [0.25, 0.3) is 0 Å². The molecule has 3 N–H and O–H groups in total. The summed E-state index contributed by atoms with van der Waals surface area (Å²) in [6, 6.07) is 4.96. The van der Waals surface area contributed by atoms with Gasteiger partial charge >= 0.3 is 0 Å². The van der Waals surface area contributed by atoms with Crippen LogP contribution in [0.15, 0.2) is 24.4 Å². The maximum Gasteiger partial charge on any atom is 0.224 e. The minimum Gasteiger partial charge on any atom is -0.495 e. The molecule has 8 heteroatoms. The van der Waals surface area contributed by atoms with Gasteiger partial charge in [-0.15, -0.1) is 0 Å². The number of aromatic nitrogens is 2. The van der Waals surface area contributed by atoms with E-state index in [1.54, 1.807) is 18.2 Å². The molecule has 1 aromatic carbocycles. The van der Waals surface area contributed by atoms with Gasteiger partial charge in [-0.2, -0.15) is 4.98 Å². The highest BCUT2D eigenvalue weighted by molar-refractivity contribution is 6.28. The van der Waals surface area contributed by atoms with E-state index < -0.39 is 11.7 Å². The van der Waals surface area contributed by atoms with E-state index in [0.29, 0.717) is 17.0 Å². The van der Waals surface area contributed by atoms with Gasteiger partial charge in [-0.25, -0.2) is 9.37 Å². The smallest absolute Gasteiger partial charge is 0.224 e. The molecule has 110 valence electrons. The van der Waals surface area contributed by atoms with Crippen molar-refractivity contribution in [1.82, 2.24) is 9.97 Å². The average molecular weight is 311 g/mol. The number of hydrogen-bond acceptors (Lipinski definition) is 5. The quantitative estimate of drug-likeness (QED) is 0.825. The van der Waals surface area contributed by atoms with Gasteiger partial charge < -0.3 is 15.8 Å². The number of benzene rings is 1. The molecule has 0 atom stereocenters. The fourth-order valence-electron chi connectivity index (χ4n) is 1.72. The SMILES string of the molecule is COc1ccc(CC(N)=O)cc1Nc1nc(Cl)ncc1F. The Balaban J connectivity index is 2.36. The first-order valence-corrected chi connectivity index (χ1v) is 6.27. The minimum absolute atomic E-state index is 0.0612. The van der Waals surface area contributed by atoms with Crippen LogP contribution >= 0.6 is 11.6 Å². The Hall–Kier alpha value is -2.41. The molecule has 0 aliphatic rings. The Kier molecular flexibility index (Phi) is 4.54. The summed E-state index contributed by atoms with van der Waals surface area (Å²) in [5.41, 5.74) is 6.25. The van der Waals surface area contributed by atoms with Gasteiger partial charge in [0.1, 0.15) is 5.75 Å². The lowest BCUT2D eigenvalue weighted by Crippen LogP contribution is -2.13. The molecule has 0 saturated heterocycles. The van der Waals surface area contributed by atoms with Crippen molar-refractivity contribution in [3.05, 3.63) is 41.1 Å². The summed E-state index contributed by atoms with van der Waals surface area (Å²) in [4.78, 5) is 18.2. The summed E-state index contributed by atoms with van der Waals surface area (Å²) in [6.07, 6.45) is 1.02. The predicted octanol–water partition coefficient (Wildman–Crippen LogP) is 2.05. The first-order chi connectivity index (χ1) is 9.99. The Bertz CT molecular complexity index is 681. The van der Waals surface area contributed by atoms with E-state index in [9.17, 15) is 9.18 Å². The largest absolute Gasteiger partial charge is 0.495 e. The second-order valence-electron chi connectivity index (χ2n) is 4.14. The molecule has 0 radical (unpaired) electrons. The number of carbonyl (C=O) groups excluding carboxylic acids is 1. The third kappa shape index (κ3) is 3.79. The van der Waals surface area contributed by atoms with Crippen molar-refractivity contribution < 1.29 is 13.9 Å². The molecule has 0 spiro atoms. The van der Waals surface area contributed by atoms with Gasteiger partial charge in [-0.05, 0) is 29.3 Å². The van der Waals surface area contributed by atoms with Crippen molar-refractivity contribution in [2.75, 3.05) is 12.4 Å². The molecule has 0 aliphatic carbocycles. The van der Waals surface area contributed by atoms with Crippen molar-refractivity contribution in [2.24, 2.45) is 5.73 Å². The molecule has 6 nitrogen and oxygen atoms in total. The van der Waals surface area contributed by atoms with Gasteiger partial charge in [0, 0.05) is 0 Å². The number of carbonyl (C=O) groups is 1. The fourth-order valence-corrected chi connectivity index (χ4v) is 1.86. The Labute approximate surface area is 125 Å². The van der Waals surface area contributed by atoms with Gasteiger partial charge in [0.15, 0.2) is 11.6 Å². The van der Waals surface area contributed by atoms with Gasteiger partial charge in [0.2, 0.25) is 11.2 Å². The molecular weight excluding hydrogens is 299 g/mol. The Morgan fingerprint density at radius 3 is 2.95 bits per heavy atom. The first-order valence-electron chi connectivity index (χ1n) is 5.90. The van der Waals surface area contributed by atoms with Crippen LogP contribution in [0, 0.1) is 5.82 Å². The first kappa shape index (κ1) is 15.0. The standard InChI is InChI=1S/C13H12ClFN4O2/c1-21-10-3-2-7(5-11(16)20)4-9(10)18-12-8(15)6-17-13(14)19-12/h2-4,6H,5H2,1H3,(H2,16,20)(H,17,18,19). The zero-order valence-corrected chi connectivity index (χ0v) is 11.8. The maximum atomic E-state index is 13.6. The topological polar surface area (TPSA) is 90.1 Å². The number of halogens is 2. The number of primary amides is 1. The van der Waals surface area contributed by atoms with Crippen LogP contribution in [0.3, 0.4) is 0 Å². The van der Waals surface area contributed by atoms with E-state index in [1.807, 2.05) is 0 Å². The normalized spacial score (nSPS) is 10.2. The number of nitrogens with one attached hydrogen (secondary N) is 1. The maximum absolute atomic E-state index is 13.6. The molecule has 2 rings (SSSR count). The molecule has 0 bridgehead atoms. The number of nitrogens with zero attached hydrogens (tertiary/aromatic N) is 2. The predicted molar refractivity (Wildman–Crippen MR) is 76.2 cm³/mol. The van der Waals surface area contributed by atoms with Crippen LogP contribution in [-0.4, -0.2) is 23.0 Å². The molecule has 1 amide bonds. The number of hydrogen-bond donors (Lipinski definition) is 2. The summed E-state index contributed by atoms with van der Waals surface area (Å²) in [5.74, 6) is -0.772. The third-order valence-electron chi connectivity index (χ3n) is 2.61. The molecule has 0 aliphatic heterocycles. The van der Waals surface area contributed by atoms with Crippen molar-refractivity contribution in [2.45, 2.75) is 6.42 Å². The highest BCUT2D eigenvalue weighted by atomic mass is 35.5. The number of rotatable bonds is 5. The van der Waals surface area contributed by atoms with E-state index in [-0.39, 0.29) is 17.5 Å². The summed E-state index contributed by atoms with van der Waals surface area (Å²) in [5, 5.41) is 2.67. The summed E-state index contributed by atoms with van der Waals surface area (Å²) >= 11 is 5.64. The second kappa shape index (κ2) is 6.36. The van der Waals surface area contributed by atoms with Crippen LogP contribution in [0.1, 0.15) is 5.56 Å². The van der Waals surface area contributed by atoms with Crippen LogP contribution in [0.2, 0.25) is 5.28 Å². The van der Waals surface area contributed by atoms with Crippen LogP contribution in [0.5, 0.6) is 5.75 Å². The highest BCUT2D eigenvalue weighted by Gasteiger charge is 2.11. The zero-order chi connectivity index (χ0) is 15.4. The number of amides is 1. The Morgan fingerprint density at radius 1 is 1.52 bits per heavy atom. The monoisotopic (exact) mass is 310 g/mol. The zero-order valence-electron chi connectivity index (χ0n) is 11.1. The van der Waals surface area contributed by atoms with Crippen molar-refractivity contribution in [3.63, 3.8) is 0 Å². The van der Waals surface area contributed by atoms with Crippen molar-refractivity contribution >= 4 is 29.0 Å². The molecule has 0 fully saturated rings. The van der Waals surface area contributed by atoms with E-state index in [1.165, 1.54) is 7.11 Å². The lowest BCUT2D eigenvalue weighted by atomic mass is 10.1. The lowest BCUT2D eigenvalue weighted by Gasteiger charge is -2.12. The lowest BCUT2D eigenvalue weighted by molar-refractivity contribution is -0.117. The summed E-state index contributed by atoms with van der Waals surface area (Å²) < 4.78 is 18.8. The average Bonchev–Trinajstić information content (AvgIpc) is 2.42. The second-order valence-corrected chi connectivity index (χ2v) is 4.48. The fraction of sp³-hybridized carbons (Fsp3) is 0.154. The van der Waals surface area contributed by atoms with Gasteiger partial charge in [-0.3, -0.25) is 4.79 Å². The van der Waals surface area contributed by atoms with Crippen LogP contribution < -0.4 is 15.8 Å². The number of methoxy groups -OCH3 is 1. The molecule has 0 saturated carbocycles. The molecule has 1 aromatic heterocycles. The minimum atomic E-state index is -0.665. The molecule has 21 heavy (non-hydrogen) atoms. The van der Waals surface area contributed by atoms with Crippen LogP contribution in [-0.2, 0) is 11.2 Å². The number of anilines is 2. The van der Waals surface area contributed by atoms with Crippen molar-refractivity contribution in [1.29, 1.82) is 0 Å². The van der Waals surface area contributed by atoms with E-state index >= 15 is 0 Å². The molecular formula is C13H12ClFN4O2. The third-order valence-corrected chi connectivity index (χ3v) is 2.79. The molecule has 0 unspecified atom stereocenters. The van der Waals surface area contributed by atoms with Gasteiger partial charge in [0.05, 0.1) is 25.4 Å². The summed E-state index contributed by atoms with van der Waals surface area (Å²) in [6.45, 7) is 0. The van der Waals surface area contributed by atoms with E-state index in [2.05, 4.69) is 15.3 Å². The van der Waals surface area contributed by atoms with E-state index in [0.717, 1.165) is 6.20 Å². The Morgan fingerprint density at radius 2 is 2.29 bits per heavy atom. The molecule has 2 aromatic rings. The van der Waals surface area contributed by atoms with Crippen LogP contribution in [0.4, 0.5) is 15.9 Å². The van der Waals surface area contributed by atoms with Crippen molar-refractivity contribution in [3.8, 4) is 5.75 Å². The van der Waals surface area contributed by atoms with Gasteiger partial charge in [0.25, 0.3) is 0 Å². The van der Waals surface area contributed by atoms with Gasteiger partial charge in [-0.1, -0.05) is 6.07 Å². The number of ether oxygens (including phenoxy) is 1. The summed E-state index contributed by atoms with van der Waals surface area (Å²) in [7, 11) is 1.47.